The SMILES string of the molecule is CCCOCCN1CCC(OCCC(=O)O)CC1. The van der Waals surface area contributed by atoms with Crippen LogP contribution in [0.15, 0.2) is 0 Å². The molecule has 0 bridgehead atoms. The van der Waals surface area contributed by atoms with E-state index in [1.807, 2.05) is 0 Å². The third kappa shape index (κ3) is 6.93. The molecule has 1 heterocycles. The van der Waals surface area contributed by atoms with Crippen molar-refractivity contribution in [3.63, 3.8) is 0 Å². The largest absolute Gasteiger partial charge is 0.481 e. The van der Waals surface area contributed by atoms with Crippen LogP contribution in [0.5, 0.6) is 0 Å². The van der Waals surface area contributed by atoms with Crippen LogP contribution in [0, 0.1) is 0 Å². The maximum absolute atomic E-state index is 10.4. The Hall–Kier alpha value is -0.650. The van der Waals surface area contributed by atoms with E-state index in [1.165, 1.54) is 0 Å². The molecule has 1 N–H and O–H groups in total. The van der Waals surface area contributed by atoms with E-state index in [-0.39, 0.29) is 12.5 Å². The highest BCUT2D eigenvalue weighted by Crippen LogP contribution is 2.13. The van der Waals surface area contributed by atoms with E-state index in [9.17, 15) is 4.79 Å². The Bertz CT molecular complexity index is 227. The highest BCUT2D eigenvalue weighted by molar-refractivity contribution is 5.66. The molecule has 0 aromatic carbocycles. The zero-order chi connectivity index (χ0) is 13.2. The summed E-state index contributed by atoms with van der Waals surface area (Å²) in [4.78, 5) is 12.7. The molecule has 0 amide bonds. The molecule has 0 atom stereocenters. The number of piperidine rings is 1. The van der Waals surface area contributed by atoms with E-state index in [2.05, 4.69) is 11.8 Å². The van der Waals surface area contributed by atoms with Crippen molar-refractivity contribution in [1.29, 1.82) is 0 Å². The van der Waals surface area contributed by atoms with Gasteiger partial charge in [-0.15, -0.1) is 0 Å². The van der Waals surface area contributed by atoms with Gasteiger partial charge in [-0.05, 0) is 19.3 Å². The average Bonchev–Trinajstić information content (AvgIpc) is 2.36. The second-order valence-corrected chi connectivity index (χ2v) is 4.67. The lowest BCUT2D eigenvalue weighted by Crippen LogP contribution is -2.39. The summed E-state index contributed by atoms with van der Waals surface area (Å²) in [7, 11) is 0. The number of ether oxygens (including phenoxy) is 2. The first-order valence-corrected chi connectivity index (χ1v) is 6.86. The molecular weight excluding hydrogens is 234 g/mol. The van der Waals surface area contributed by atoms with Gasteiger partial charge in [0.2, 0.25) is 0 Å². The van der Waals surface area contributed by atoms with Crippen molar-refractivity contribution >= 4 is 5.97 Å². The first-order chi connectivity index (χ1) is 8.72. The van der Waals surface area contributed by atoms with E-state index in [0.717, 1.165) is 52.1 Å². The predicted molar refractivity (Wildman–Crippen MR) is 68.8 cm³/mol. The highest BCUT2D eigenvalue weighted by atomic mass is 16.5. The normalized spacial score (nSPS) is 18.1. The summed E-state index contributed by atoms with van der Waals surface area (Å²) < 4.78 is 11.0. The molecule has 0 spiro atoms. The lowest BCUT2D eigenvalue weighted by molar-refractivity contribution is -0.138. The summed E-state index contributed by atoms with van der Waals surface area (Å²) in [5, 5.41) is 8.52. The van der Waals surface area contributed by atoms with Gasteiger partial charge in [-0.3, -0.25) is 4.79 Å². The van der Waals surface area contributed by atoms with Crippen molar-refractivity contribution in [2.24, 2.45) is 0 Å². The standard InChI is InChI=1S/C13H25NO4/c1-2-9-17-11-8-14-6-3-12(4-7-14)18-10-5-13(15)16/h12H,2-11H2,1H3,(H,15,16). The monoisotopic (exact) mass is 259 g/mol. The summed E-state index contributed by atoms with van der Waals surface area (Å²) in [5.41, 5.74) is 0. The molecule has 0 aliphatic carbocycles. The number of rotatable bonds is 9. The average molecular weight is 259 g/mol. The Kier molecular flexibility index (Phi) is 7.96. The van der Waals surface area contributed by atoms with E-state index in [4.69, 9.17) is 14.6 Å². The molecule has 1 rings (SSSR count). The van der Waals surface area contributed by atoms with Crippen molar-refractivity contribution in [2.75, 3.05) is 39.5 Å². The lowest BCUT2D eigenvalue weighted by atomic mass is 10.1. The number of carbonyl (C=O) groups is 1. The van der Waals surface area contributed by atoms with Gasteiger partial charge in [-0.25, -0.2) is 0 Å². The van der Waals surface area contributed by atoms with E-state index in [1.54, 1.807) is 0 Å². The molecule has 0 aromatic heterocycles. The van der Waals surface area contributed by atoms with Crippen LogP contribution in [-0.2, 0) is 14.3 Å². The lowest BCUT2D eigenvalue weighted by Gasteiger charge is -2.31. The van der Waals surface area contributed by atoms with Gasteiger partial charge in [-0.2, -0.15) is 0 Å². The maximum Gasteiger partial charge on any atom is 0.305 e. The second-order valence-electron chi connectivity index (χ2n) is 4.67. The Morgan fingerprint density at radius 2 is 2.00 bits per heavy atom. The Morgan fingerprint density at radius 3 is 2.61 bits per heavy atom. The molecule has 0 saturated carbocycles. The summed E-state index contributed by atoms with van der Waals surface area (Å²) in [5.74, 6) is -0.791. The number of carboxylic acid groups (broad SMARTS) is 1. The van der Waals surface area contributed by atoms with Gasteiger partial charge >= 0.3 is 5.97 Å². The van der Waals surface area contributed by atoms with Gasteiger partial charge in [-0.1, -0.05) is 6.92 Å². The predicted octanol–water partition coefficient (Wildman–Crippen LogP) is 1.37. The molecule has 5 nitrogen and oxygen atoms in total. The minimum Gasteiger partial charge on any atom is -0.481 e. The van der Waals surface area contributed by atoms with Crippen LogP contribution >= 0.6 is 0 Å². The summed E-state index contributed by atoms with van der Waals surface area (Å²) in [6.07, 6.45) is 3.39. The van der Waals surface area contributed by atoms with Crippen molar-refractivity contribution < 1.29 is 19.4 Å². The van der Waals surface area contributed by atoms with Crippen LogP contribution in [0.3, 0.4) is 0 Å². The third-order valence-corrected chi connectivity index (χ3v) is 3.10. The molecule has 106 valence electrons. The molecule has 1 aliphatic heterocycles. The fourth-order valence-corrected chi connectivity index (χ4v) is 2.05. The van der Waals surface area contributed by atoms with Gasteiger partial charge in [0.1, 0.15) is 0 Å². The van der Waals surface area contributed by atoms with Crippen molar-refractivity contribution in [1.82, 2.24) is 4.90 Å². The highest BCUT2D eigenvalue weighted by Gasteiger charge is 2.19. The molecular formula is C13H25NO4. The molecule has 1 aliphatic rings. The number of hydrogen-bond donors (Lipinski definition) is 1. The second kappa shape index (κ2) is 9.30. The van der Waals surface area contributed by atoms with Crippen molar-refractivity contribution in [3.8, 4) is 0 Å². The minimum atomic E-state index is -0.791. The maximum atomic E-state index is 10.4. The van der Waals surface area contributed by atoms with Gasteiger partial charge in [0.05, 0.1) is 25.7 Å². The fraction of sp³-hybridized carbons (Fsp3) is 0.923. The summed E-state index contributed by atoms with van der Waals surface area (Å²) >= 11 is 0. The molecule has 1 saturated heterocycles. The fourth-order valence-electron chi connectivity index (χ4n) is 2.05. The smallest absolute Gasteiger partial charge is 0.305 e. The van der Waals surface area contributed by atoms with Gasteiger partial charge < -0.3 is 19.5 Å². The number of hydrogen-bond acceptors (Lipinski definition) is 4. The van der Waals surface area contributed by atoms with Gasteiger partial charge in [0.15, 0.2) is 0 Å². The van der Waals surface area contributed by atoms with Gasteiger partial charge in [0.25, 0.3) is 0 Å². The van der Waals surface area contributed by atoms with Crippen LogP contribution in [0.1, 0.15) is 32.6 Å². The molecule has 5 heteroatoms. The number of nitrogens with zero attached hydrogens (tertiary/aromatic N) is 1. The molecule has 0 aromatic rings. The van der Waals surface area contributed by atoms with Crippen LogP contribution < -0.4 is 0 Å². The first-order valence-electron chi connectivity index (χ1n) is 6.86. The van der Waals surface area contributed by atoms with Crippen molar-refractivity contribution in [3.05, 3.63) is 0 Å². The molecule has 0 radical (unpaired) electrons. The van der Waals surface area contributed by atoms with E-state index < -0.39 is 5.97 Å². The Morgan fingerprint density at radius 1 is 1.28 bits per heavy atom. The molecule has 18 heavy (non-hydrogen) atoms. The van der Waals surface area contributed by atoms with Crippen LogP contribution in [0.4, 0.5) is 0 Å². The number of aliphatic carboxylic acids is 1. The van der Waals surface area contributed by atoms with Gasteiger partial charge in [0, 0.05) is 26.2 Å². The topological polar surface area (TPSA) is 59.0 Å². The third-order valence-electron chi connectivity index (χ3n) is 3.10. The van der Waals surface area contributed by atoms with E-state index >= 15 is 0 Å². The van der Waals surface area contributed by atoms with Crippen LogP contribution in [-0.4, -0.2) is 61.5 Å². The number of likely N-dealkylation sites (tertiary alicyclic amines) is 1. The van der Waals surface area contributed by atoms with Crippen molar-refractivity contribution in [2.45, 2.75) is 38.7 Å². The zero-order valence-electron chi connectivity index (χ0n) is 11.3. The first kappa shape index (κ1) is 15.4. The molecule has 0 unspecified atom stereocenters. The number of carboxylic acids is 1. The minimum absolute atomic E-state index is 0.102. The Labute approximate surface area is 109 Å². The zero-order valence-corrected chi connectivity index (χ0v) is 11.3. The summed E-state index contributed by atoms with van der Waals surface area (Å²) in [6, 6.07) is 0. The van der Waals surface area contributed by atoms with E-state index in [0.29, 0.717) is 6.61 Å². The van der Waals surface area contributed by atoms with Crippen LogP contribution in [0.2, 0.25) is 0 Å². The molecule has 1 fully saturated rings. The quantitative estimate of drug-likeness (QED) is 0.634. The van der Waals surface area contributed by atoms with Crippen LogP contribution in [0.25, 0.3) is 0 Å². The summed E-state index contributed by atoms with van der Waals surface area (Å²) in [6.45, 7) is 7.12. The Balaban J connectivity index is 2.00.